The average Bonchev–Trinajstić information content (AvgIpc) is 2.34. The van der Waals surface area contributed by atoms with Crippen LogP contribution in [0, 0.1) is 51.8 Å². The Bertz CT molecular complexity index is 406. The van der Waals surface area contributed by atoms with E-state index < -0.39 is 0 Å². The fourth-order valence-electron chi connectivity index (χ4n) is 7.33. The highest BCUT2D eigenvalue weighted by Crippen LogP contribution is 2.90. The average molecular weight is 277 g/mol. The molecule has 20 heavy (non-hydrogen) atoms. The zero-order valence-electron chi connectivity index (χ0n) is 15.1. The van der Waals surface area contributed by atoms with Crippen molar-refractivity contribution in [2.45, 2.75) is 74.7 Å². The largest absolute Gasteiger partial charge is 0.0648 e. The molecule has 0 radical (unpaired) electrons. The van der Waals surface area contributed by atoms with Crippen LogP contribution in [0.3, 0.4) is 0 Å². The lowest BCUT2D eigenvalue weighted by Crippen LogP contribution is -2.85. The summed E-state index contributed by atoms with van der Waals surface area (Å²) in [5.41, 5.74) is 1.98. The molecule has 3 aliphatic carbocycles. The van der Waals surface area contributed by atoms with Crippen molar-refractivity contribution in [1.82, 2.24) is 0 Å². The number of fused-ring (bicyclic) bond motifs is 4. The van der Waals surface area contributed by atoms with Gasteiger partial charge in [0.2, 0.25) is 0 Å². The lowest BCUT2D eigenvalue weighted by Gasteiger charge is -2.90. The second-order valence-corrected chi connectivity index (χ2v) is 9.76. The molecule has 0 amide bonds. The molecule has 0 aromatic heterocycles. The lowest BCUT2D eigenvalue weighted by atomic mass is 9.14. The maximum atomic E-state index is 2.64. The smallest absolute Gasteiger partial charge is 0.0199 e. The van der Waals surface area contributed by atoms with Gasteiger partial charge in [0.15, 0.2) is 0 Å². The highest BCUT2D eigenvalue weighted by molar-refractivity contribution is 5.32. The van der Waals surface area contributed by atoms with Gasteiger partial charge in [-0.2, -0.15) is 0 Å². The molecular formula is C20H36. The first-order valence-electron chi connectivity index (χ1n) is 9.14. The van der Waals surface area contributed by atoms with Gasteiger partial charge in [-0.05, 0) is 71.0 Å². The van der Waals surface area contributed by atoms with Gasteiger partial charge >= 0.3 is 0 Å². The summed E-state index contributed by atoms with van der Waals surface area (Å²) < 4.78 is 0. The maximum absolute atomic E-state index is 2.64. The van der Waals surface area contributed by atoms with Crippen LogP contribution in [0.1, 0.15) is 74.7 Å². The normalized spacial score (nSPS) is 53.2. The summed E-state index contributed by atoms with van der Waals surface area (Å²) in [5.74, 6) is 5.79. The number of hydrogen-bond acceptors (Lipinski definition) is 0. The minimum absolute atomic E-state index is 0.570. The van der Waals surface area contributed by atoms with E-state index in [9.17, 15) is 0 Å². The van der Waals surface area contributed by atoms with Crippen LogP contribution in [0.15, 0.2) is 0 Å². The van der Waals surface area contributed by atoms with E-state index >= 15 is 0 Å². The Hall–Kier alpha value is 0. The highest BCUT2D eigenvalue weighted by atomic mass is 14.9. The second kappa shape index (κ2) is 4.05. The van der Waals surface area contributed by atoms with E-state index in [-0.39, 0.29) is 0 Å². The third-order valence-corrected chi connectivity index (χ3v) is 9.14. The molecule has 116 valence electrons. The summed E-state index contributed by atoms with van der Waals surface area (Å²) >= 11 is 0. The van der Waals surface area contributed by atoms with E-state index in [0.29, 0.717) is 10.8 Å². The molecular weight excluding hydrogens is 240 g/mol. The topological polar surface area (TPSA) is 0 Å². The van der Waals surface area contributed by atoms with Crippen molar-refractivity contribution in [3.05, 3.63) is 0 Å². The molecule has 0 aromatic rings. The zero-order chi connectivity index (χ0) is 15.1. The second-order valence-electron chi connectivity index (χ2n) is 9.76. The molecule has 3 saturated carbocycles. The van der Waals surface area contributed by atoms with Gasteiger partial charge in [0.05, 0.1) is 0 Å². The first kappa shape index (κ1) is 14.9. The minimum Gasteiger partial charge on any atom is -0.0648 e. The Kier molecular flexibility index (Phi) is 3.02. The molecule has 0 heteroatoms. The van der Waals surface area contributed by atoms with Crippen molar-refractivity contribution in [1.29, 1.82) is 0 Å². The number of hydrogen-bond donors (Lipinski definition) is 0. The van der Waals surface area contributed by atoms with Crippen LogP contribution in [0.5, 0.6) is 0 Å². The quantitative estimate of drug-likeness (QED) is 0.589. The van der Waals surface area contributed by atoms with E-state index in [1.54, 1.807) is 6.42 Å². The van der Waals surface area contributed by atoms with Crippen molar-refractivity contribution in [2.24, 2.45) is 51.8 Å². The molecule has 0 bridgehead atoms. The van der Waals surface area contributed by atoms with Gasteiger partial charge in [0, 0.05) is 0 Å². The van der Waals surface area contributed by atoms with Crippen LogP contribution in [-0.4, -0.2) is 0 Å². The molecule has 0 N–H and O–H groups in total. The molecule has 0 heterocycles. The van der Waals surface area contributed by atoms with Crippen molar-refractivity contribution in [2.75, 3.05) is 0 Å². The molecule has 0 nitrogen and oxygen atoms in total. The molecule has 0 aliphatic heterocycles. The third-order valence-electron chi connectivity index (χ3n) is 9.14. The zero-order valence-corrected chi connectivity index (χ0v) is 15.1. The van der Waals surface area contributed by atoms with E-state index in [4.69, 9.17) is 0 Å². The Labute approximate surface area is 127 Å². The van der Waals surface area contributed by atoms with Gasteiger partial charge in [0.25, 0.3) is 0 Å². The first-order chi connectivity index (χ1) is 9.14. The standard InChI is InChI=1S/C20H36/c1-9-20-11-15(10-13(4)12(2)3)17(20)19(8)16(20)14(5)18(19,6)7/h12-17H,9-11H2,1-8H3. The molecule has 3 aliphatic rings. The Balaban J connectivity index is 1.80. The van der Waals surface area contributed by atoms with Gasteiger partial charge in [-0.15, -0.1) is 0 Å². The molecule has 0 spiro atoms. The fourth-order valence-corrected chi connectivity index (χ4v) is 7.33. The Morgan fingerprint density at radius 2 is 1.65 bits per heavy atom. The summed E-state index contributed by atoms with van der Waals surface area (Å²) in [6.07, 6.45) is 4.47. The minimum atomic E-state index is 0.570. The lowest BCUT2D eigenvalue weighted by molar-refractivity contribution is -0.427. The van der Waals surface area contributed by atoms with Crippen LogP contribution < -0.4 is 0 Å². The van der Waals surface area contributed by atoms with Gasteiger partial charge in [-0.25, -0.2) is 0 Å². The van der Waals surface area contributed by atoms with Gasteiger partial charge in [0.1, 0.15) is 0 Å². The predicted octanol–water partition coefficient (Wildman–Crippen LogP) is 6.01. The first-order valence-corrected chi connectivity index (χ1v) is 9.14. The summed E-state index contributed by atoms with van der Waals surface area (Å²) in [5, 5.41) is 0. The predicted molar refractivity (Wildman–Crippen MR) is 87.5 cm³/mol. The van der Waals surface area contributed by atoms with Crippen LogP contribution in [0.25, 0.3) is 0 Å². The van der Waals surface area contributed by atoms with Crippen molar-refractivity contribution >= 4 is 0 Å². The van der Waals surface area contributed by atoms with Crippen LogP contribution in [-0.2, 0) is 0 Å². The van der Waals surface area contributed by atoms with E-state index in [0.717, 1.165) is 40.9 Å². The Morgan fingerprint density at radius 1 is 1.05 bits per heavy atom. The van der Waals surface area contributed by atoms with Gasteiger partial charge in [-0.1, -0.05) is 55.4 Å². The van der Waals surface area contributed by atoms with E-state index in [1.807, 2.05) is 0 Å². The fraction of sp³-hybridized carbons (Fsp3) is 1.00. The van der Waals surface area contributed by atoms with Crippen LogP contribution >= 0.6 is 0 Å². The summed E-state index contributed by atoms with van der Waals surface area (Å²) in [4.78, 5) is 0. The van der Waals surface area contributed by atoms with Crippen LogP contribution in [0.4, 0.5) is 0 Å². The van der Waals surface area contributed by atoms with Crippen molar-refractivity contribution < 1.29 is 0 Å². The molecule has 3 rings (SSSR count). The van der Waals surface area contributed by atoms with Crippen molar-refractivity contribution in [3.63, 3.8) is 0 Å². The molecule has 0 saturated heterocycles. The summed E-state index contributed by atoms with van der Waals surface area (Å²) in [6, 6.07) is 0. The van der Waals surface area contributed by atoms with Gasteiger partial charge in [-0.3, -0.25) is 0 Å². The summed E-state index contributed by atoms with van der Waals surface area (Å²) in [6.45, 7) is 20.0. The van der Waals surface area contributed by atoms with Gasteiger partial charge < -0.3 is 0 Å². The molecule has 7 unspecified atom stereocenters. The summed E-state index contributed by atoms with van der Waals surface area (Å²) in [7, 11) is 0. The number of rotatable bonds is 4. The SMILES string of the molecule is CCC12CC(CC(C)C(C)C)C1C1(C)C2C(C)C1(C)C. The van der Waals surface area contributed by atoms with Crippen LogP contribution in [0.2, 0.25) is 0 Å². The molecule has 0 aromatic carbocycles. The van der Waals surface area contributed by atoms with Crippen molar-refractivity contribution in [3.8, 4) is 0 Å². The monoisotopic (exact) mass is 276 g/mol. The maximum Gasteiger partial charge on any atom is -0.0199 e. The third kappa shape index (κ3) is 1.31. The highest BCUT2D eigenvalue weighted by Gasteiger charge is 2.85. The van der Waals surface area contributed by atoms with E-state index in [2.05, 4.69) is 55.4 Å². The molecule has 3 fully saturated rings. The molecule has 7 atom stereocenters. The van der Waals surface area contributed by atoms with E-state index in [1.165, 1.54) is 12.8 Å². The Morgan fingerprint density at radius 3 is 2.15 bits per heavy atom.